The number of hydrogen-bond donors (Lipinski definition) is 2. The van der Waals surface area contributed by atoms with Crippen LogP contribution in [0.15, 0.2) is 54.6 Å². The van der Waals surface area contributed by atoms with Crippen molar-refractivity contribution in [3.05, 3.63) is 54.6 Å². The lowest BCUT2D eigenvalue weighted by Crippen LogP contribution is -2.28. The third-order valence-corrected chi connectivity index (χ3v) is 4.02. The normalized spacial score (nSPS) is 16.6. The number of carbonyl (C=O) groups is 3. The summed E-state index contributed by atoms with van der Waals surface area (Å²) < 4.78 is 0. The van der Waals surface area contributed by atoms with Gasteiger partial charge in [0.2, 0.25) is 17.7 Å². The molecule has 0 aromatic heterocycles. The molecule has 128 valence electrons. The first-order chi connectivity index (χ1) is 12.0. The lowest BCUT2D eigenvalue weighted by Gasteiger charge is -2.17. The van der Waals surface area contributed by atoms with Crippen molar-refractivity contribution in [2.24, 2.45) is 5.92 Å². The largest absolute Gasteiger partial charge is 0.326 e. The van der Waals surface area contributed by atoms with Crippen molar-refractivity contribution in [3.63, 3.8) is 0 Å². The minimum absolute atomic E-state index is 0.104. The molecule has 0 saturated carbocycles. The third kappa shape index (κ3) is 4.03. The summed E-state index contributed by atoms with van der Waals surface area (Å²) in [5, 5.41) is 5.53. The number of benzene rings is 2. The first kappa shape index (κ1) is 16.7. The molecule has 6 heteroatoms. The van der Waals surface area contributed by atoms with E-state index in [0.717, 1.165) is 0 Å². The monoisotopic (exact) mass is 337 g/mol. The van der Waals surface area contributed by atoms with E-state index in [9.17, 15) is 14.4 Å². The fourth-order valence-electron chi connectivity index (χ4n) is 2.85. The van der Waals surface area contributed by atoms with Gasteiger partial charge in [-0.3, -0.25) is 14.4 Å². The van der Waals surface area contributed by atoms with Gasteiger partial charge in [0.1, 0.15) is 0 Å². The number of anilines is 3. The SMILES string of the molecule is CC(=O)Nc1cccc(N2CC(C(=O)Nc3ccccc3)CC2=O)c1. The van der Waals surface area contributed by atoms with Gasteiger partial charge in [-0.15, -0.1) is 0 Å². The molecule has 1 aliphatic rings. The van der Waals surface area contributed by atoms with E-state index in [1.807, 2.05) is 30.3 Å². The summed E-state index contributed by atoms with van der Waals surface area (Å²) >= 11 is 0. The Balaban J connectivity index is 1.70. The van der Waals surface area contributed by atoms with Gasteiger partial charge in [0.15, 0.2) is 0 Å². The fourth-order valence-corrected chi connectivity index (χ4v) is 2.85. The van der Waals surface area contributed by atoms with Crippen molar-refractivity contribution in [2.75, 3.05) is 22.1 Å². The van der Waals surface area contributed by atoms with Crippen LogP contribution in [0.2, 0.25) is 0 Å². The van der Waals surface area contributed by atoms with Crippen LogP contribution in [0.25, 0.3) is 0 Å². The Hall–Kier alpha value is -3.15. The van der Waals surface area contributed by atoms with Gasteiger partial charge in [0, 0.05) is 37.0 Å². The lowest BCUT2D eigenvalue weighted by atomic mass is 10.1. The Bertz CT molecular complexity index is 805. The highest BCUT2D eigenvalue weighted by molar-refractivity contribution is 6.04. The second-order valence-electron chi connectivity index (χ2n) is 5.99. The summed E-state index contributed by atoms with van der Waals surface area (Å²) in [6.45, 7) is 1.75. The zero-order valence-corrected chi connectivity index (χ0v) is 13.9. The molecule has 0 radical (unpaired) electrons. The Labute approximate surface area is 145 Å². The maximum atomic E-state index is 12.4. The minimum Gasteiger partial charge on any atom is -0.326 e. The van der Waals surface area contributed by atoms with Gasteiger partial charge in [0.25, 0.3) is 0 Å². The van der Waals surface area contributed by atoms with E-state index < -0.39 is 5.92 Å². The highest BCUT2D eigenvalue weighted by atomic mass is 16.2. The molecular formula is C19H19N3O3. The molecule has 1 fully saturated rings. The van der Waals surface area contributed by atoms with Crippen molar-refractivity contribution in [2.45, 2.75) is 13.3 Å². The number of nitrogens with zero attached hydrogens (tertiary/aromatic N) is 1. The summed E-state index contributed by atoms with van der Waals surface area (Å²) in [6.07, 6.45) is 0.170. The topological polar surface area (TPSA) is 78.5 Å². The van der Waals surface area contributed by atoms with Crippen LogP contribution in [0, 0.1) is 5.92 Å². The molecule has 25 heavy (non-hydrogen) atoms. The zero-order chi connectivity index (χ0) is 17.8. The van der Waals surface area contributed by atoms with Gasteiger partial charge in [-0.1, -0.05) is 24.3 Å². The number of hydrogen-bond acceptors (Lipinski definition) is 3. The van der Waals surface area contributed by atoms with Crippen LogP contribution in [0.5, 0.6) is 0 Å². The molecular weight excluding hydrogens is 318 g/mol. The number of para-hydroxylation sites is 1. The quantitative estimate of drug-likeness (QED) is 0.900. The second kappa shape index (κ2) is 7.17. The van der Waals surface area contributed by atoms with Gasteiger partial charge in [-0.25, -0.2) is 0 Å². The van der Waals surface area contributed by atoms with E-state index in [-0.39, 0.29) is 24.1 Å². The zero-order valence-electron chi connectivity index (χ0n) is 13.9. The second-order valence-corrected chi connectivity index (χ2v) is 5.99. The van der Waals surface area contributed by atoms with E-state index in [1.165, 1.54) is 6.92 Å². The number of amides is 3. The van der Waals surface area contributed by atoms with Gasteiger partial charge in [-0.05, 0) is 30.3 Å². The van der Waals surface area contributed by atoms with E-state index in [4.69, 9.17) is 0 Å². The van der Waals surface area contributed by atoms with Crippen molar-refractivity contribution in [3.8, 4) is 0 Å². The Morgan fingerprint density at radius 3 is 2.44 bits per heavy atom. The molecule has 0 bridgehead atoms. The Morgan fingerprint density at radius 2 is 1.72 bits per heavy atom. The van der Waals surface area contributed by atoms with Crippen LogP contribution in [-0.4, -0.2) is 24.3 Å². The maximum Gasteiger partial charge on any atom is 0.229 e. The van der Waals surface area contributed by atoms with Gasteiger partial charge >= 0.3 is 0 Å². The molecule has 1 heterocycles. The summed E-state index contributed by atoms with van der Waals surface area (Å²) in [5.41, 5.74) is 2.01. The molecule has 6 nitrogen and oxygen atoms in total. The average molecular weight is 337 g/mol. The summed E-state index contributed by atoms with van der Waals surface area (Å²) in [6, 6.07) is 16.2. The highest BCUT2D eigenvalue weighted by Gasteiger charge is 2.35. The van der Waals surface area contributed by atoms with Crippen LogP contribution in [0.4, 0.5) is 17.1 Å². The average Bonchev–Trinajstić information content (AvgIpc) is 2.97. The van der Waals surface area contributed by atoms with Crippen molar-refractivity contribution in [1.82, 2.24) is 0 Å². The van der Waals surface area contributed by atoms with E-state index in [0.29, 0.717) is 23.6 Å². The van der Waals surface area contributed by atoms with Crippen LogP contribution in [0.1, 0.15) is 13.3 Å². The van der Waals surface area contributed by atoms with E-state index in [1.54, 1.807) is 29.2 Å². The van der Waals surface area contributed by atoms with Crippen LogP contribution in [0.3, 0.4) is 0 Å². The van der Waals surface area contributed by atoms with Crippen molar-refractivity contribution < 1.29 is 14.4 Å². The number of rotatable bonds is 4. The third-order valence-electron chi connectivity index (χ3n) is 4.02. The molecule has 3 rings (SSSR count). The molecule has 3 amide bonds. The molecule has 1 saturated heterocycles. The van der Waals surface area contributed by atoms with Crippen LogP contribution >= 0.6 is 0 Å². The van der Waals surface area contributed by atoms with Gasteiger partial charge < -0.3 is 15.5 Å². The standard InChI is InChI=1S/C19H19N3O3/c1-13(23)20-16-8-5-9-17(11-16)22-12-14(10-18(22)24)19(25)21-15-6-3-2-4-7-15/h2-9,11,14H,10,12H2,1H3,(H,20,23)(H,21,25). The maximum absolute atomic E-state index is 12.4. The number of carbonyl (C=O) groups excluding carboxylic acids is 3. The molecule has 2 aromatic carbocycles. The van der Waals surface area contributed by atoms with E-state index in [2.05, 4.69) is 10.6 Å². The Kier molecular flexibility index (Phi) is 4.79. The molecule has 1 aliphatic heterocycles. The summed E-state index contributed by atoms with van der Waals surface area (Å²) in [5.74, 6) is -0.851. The van der Waals surface area contributed by atoms with E-state index >= 15 is 0 Å². The van der Waals surface area contributed by atoms with Crippen molar-refractivity contribution in [1.29, 1.82) is 0 Å². The van der Waals surface area contributed by atoms with Gasteiger partial charge in [0.05, 0.1) is 5.92 Å². The molecule has 1 unspecified atom stereocenters. The molecule has 0 aliphatic carbocycles. The minimum atomic E-state index is -0.405. The number of nitrogens with one attached hydrogen (secondary N) is 2. The predicted molar refractivity (Wildman–Crippen MR) is 96.3 cm³/mol. The first-order valence-corrected chi connectivity index (χ1v) is 8.07. The predicted octanol–water partition coefficient (Wildman–Crippen LogP) is 2.64. The first-order valence-electron chi connectivity index (χ1n) is 8.07. The van der Waals surface area contributed by atoms with Crippen LogP contribution < -0.4 is 15.5 Å². The van der Waals surface area contributed by atoms with Gasteiger partial charge in [-0.2, -0.15) is 0 Å². The Morgan fingerprint density at radius 1 is 1.00 bits per heavy atom. The fraction of sp³-hybridized carbons (Fsp3) is 0.211. The van der Waals surface area contributed by atoms with Crippen molar-refractivity contribution >= 4 is 34.8 Å². The molecule has 2 aromatic rings. The molecule has 1 atom stereocenters. The molecule has 0 spiro atoms. The summed E-state index contributed by atoms with van der Waals surface area (Å²) in [7, 11) is 0. The van der Waals surface area contributed by atoms with Crippen LogP contribution in [-0.2, 0) is 14.4 Å². The molecule has 2 N–H and O–H groups in total. The summed E-state index contributed by atoms with van der Waals surface area (Å²) in [4.78, 5) is 37.5. The highest BCUT2D eigenvalue weighted by Crippen LogP contribution is 2.28. The smallest absolute Gasteiger partial charge is 0.229 e. The lowest BCUT2D eigenvalue weighted by molar-refractivity contribution is -0.122.